The molecule has 1 aromatic carbocycles. The minimum Gasteiger partial charge on any atom is -0.398 e. The number of aryl methyl sites for hydroxylation is 1. The number of sulfonamides is 1. The third kappa shape index (κ3) is 2.37. The second-order valence-electron chi connectivity index (χ2n) is 4.88. The number of aliphatic hydroxyl groups excluding tert-OH is 1. The highest BCUT2D eigenvalue weighted by atomic mass is 32.2. The molecule has 1 heterocycles. The predicted molar refractivity (Wildman–Crippen MR) is 73.1 cm³/mol. The average molecular weight is 299 g/mol. The molecule has 0 radical (unpaired) electrons. The molecule has 2 rings (SSSR count). The summed E-state index contributed by atoms with van der Waals surface area (Å²) in [5, 5.41) is 9.62. The number of hydrogen-bond donors (Lipinski definition) is 3. The minimum absolute atomic E-state index is 0.000347. The summed E-state index contributed by atoms with van der Waals surface area (Å²) in [7, 11) is -3.98. The lowest BCUT2D eigenvalue weighted by Gasteiger charge is -2.23. The van der Waals surface area contributed by atoms with E-state index in [1.54, 1.807) is 19.1 Å². The second-order valence-corrected chi connectivity index (χ2v) is 6.70. The number of rotatable bonds is 3. The van der Waals surface area contributed by atoms with E-state index in [-0.39, 0.29) is 23.5 Å². The lowest BCUT2D eigenvalue weighted by Crippen LogP contribution is -2.44. The van der Waals surface area contributed by atoms with Crippen LogP contribution >= 0.6 is 0 Å². The Labute approximate surface area is 117 Å². The van der Waals surface area contributed by atoms with Gasteiger partial charge in [-0.25, -0.2) is 8.42 Å². The van der Waals surface area contributed by atoms with E-state index in [2.05, 4.69) is 0 Å². The number of nitrogen functional groups attached to an aromatic ring is 1. The van der Waals surface area contributed by atoms with Gasteiger partial charge in [0, 0.05) is 13.0 Å². The van der Waals surface area contributed by atoms with Crippen LogP contribution < -0.4 is 11.5 Å². The number of anilines is 1. The highest BCUT2D eigenvalue weighted by Crippen LogP contribution is 2.31. The van der Waals surface area contributed by atoms with Crippen molar-refractivity contribution < 1.29 is 18.3 Å². The number of hydrogen-bond acceptors (Lipinski definition) is 5. The number of aliphatic hydroxyl groups is 1. The van der Waals surface area contributed by atoms with Gasteiger partial charge in [-0.15, -0.1) is 0 Å². The molecule has 7 nitrogen and oxygen atoms in total. The molecule has 1 aliphatic rings. The number of benzene rings is 1. The van der Waals surface area contributed by atoms with Crippen molar-refractivity contribution in [1.29, 1.82) is 0 Å². The number of carbonyl (C=O) groups is 1. The molecule has 110 valence electrons. The first-order valence-corrected chi connectivity index (χ1v) is 7.53. The summed E-state index contributed by atoms with van der Waals surface area (Å²) in [6, 6.07) is 3.70. The maximum absolute atomic E-state index is 12.7. The molecule has 0 saturated carbocycles. The number of carbonyl (C=O) groups excluding carboxylic acids is 1. The zero-order valence-corrected chi connectivity index (χ0v) is 11.8. The molecular formula is C12H17N3O4S. The van der Waals surface area contributed by atoms with Gasteiger partial charge in [-0.3, -0.25) is 4.79 Å². The van der Waals surface area contributed by atoms with Crippen LogP contribution in [0, 0.1) is 6.92 Å². The van der Waals surface area contributed by atoms with E-state index in [9.17, 15) is 18.3 Å². The molecule has 1 saturated heterocycles. The van der Waals surface area contributed by atoms with E-state index < -0.39 is 28.1 Å². The minimum atomic E-state index is -3.98. The fourth-order valence-corrected chi connectivity index (χ4v) is 4.42. The zero-order chi connectivity index (χ0) is 15.1. The maximum atomic E-state index is 12.7. The van der Waals surface area contributed by atoms with Gasteiger partial charge in [-0.1, -0.05) is 12.1 Å². The summed E-state index contributed by atoms with van der Waals surface area (Å²) in [4.78, 5) is 11.3. The molecule has 0 aromatic heterocycles. The fraction of sp³-hybridized carbons (Fsp3) is 0.417. The average Bonchev–Trinajstić information content (AvgIpc) is 2.71. The molecule has 5 N–H and O–H groups in total. The van der Waals surface area contributed by atoms with E-state index in [1.165, 1.54) is 6.07 Å². The summed E-state index contributed by atoms with van der Waals surface area (Å²) >= 11 is 0. The van der Waals surface area contributed by atoms with Gasteiger partial charge in [-0.2, -0.15) is 4.31 Å². The van der Waals surface area contributed by atoms with Gasteiger partial charge in [0.25, 0.3) is 0 Å². The first-order valence-electron chi connectivity index (χ1n) is 6.09. The van der Waals surface area contributed by atoms with Crippen LogP contribution in [0.5, 0.6) is 0 Å². The summed E-state index contributed by atoms with van der Waals surface area (Å²) in [6.45, 7) is 1.46. The third-order valence-corrected chi connectivity index (χ3v) is 5.47. The van der Waals surface area contributed by atoms with Crippen LogP contribution in [0.4, 0.5) is 5.69 Å². The monoisotopic (exact) mass is 299 g/mol. The van der Waals surface area contributed by atoms with E-state index in [0.29, 0.717) is 5.56 Å². The van der Waals surface area contributed by atoms with Crippen molar-refractivity contribution in [1.82, 2.24) is 4.31 Å². The molecule has 1 fully saturated rings. The number of primary amides is 1. The predicted octanol–water partition coefficient (Wildman–Crippen LogP) is -0.814. The SMILES string of the molecule is Cc1cccc(N)c1S(=O)(=O)N1CC(O)CC1C(N)=O. The largest absolute Gasteiger partial charge is 0.398 e. The number of nitrogens with two attached hydrogens (primary N) is 2. The third-order valence-electron chi connectivity index (χ3n) is 3.37. The van der Waals surface area contributed by atoms with Crippen molar-refractivity contribution in [3.8, 4) is 0 Å². The van der Waals surface area contributed by atoms with Crippen LogP contribution in [0.3, 0.4) is 0 Å². The quantitative estimate of drug-likeness (QED) is 0.629. The first-order chi connectivity index (χ1) is 9.25. The van der Waals surface area contributed by atoms with Crippen molar-refractivity contribution in [3.05, 3.63) is 23.8 Å². The Morgan fingerprint density at radius 1 is 1.45 bits per heavy atom. The number of nitrogens with zero attached hydrogens (tertiary/aromatic N) is 1. The highest BCUT2D eigenvalue weighted by Gasteiger charge is 2.43. The van der Waals surface area contributed by atoms with E-state index in [0.717, 1.165) is 4.31 Å². The Bertz CT molecular complexity index is 624. The van der Waals surface area contributed by atoms with Crippen LogP contribution in [-0.4, -0.2) is 42.4 Å². The molecule has 1 aromatic rings. The van der Waals surface area contributed by atoms with Gasteiger partial charge in [0.05, 0.1) is 11.8 Å². The van der Waals surface area contributed by atoms with Gasteiger partial charge in [0.1, 0.15) is 10.9 Å². The highest BCUT2D eigenvalue weighted by molar-refractivity contribution is 7.89. The molecule has 1 amide bonds. The molecule has 1 aliphatic heterocycles. The standard InChI is InChI=1S/C12H17N3O4S/c1-7-3-2-4-9(13)11(7)20(18,19)15-6-8(16)5-10(15)12(14)17/h2-4,8,10,16H,5-6,13H2,1H3,(H2,14,17). The Kier molecular flexibility index (Phi) is 3.72. The fourth-order valence-electron chi connectivity index (χ4n) is 2.45. The lowest BCUT2D eigenvalue weighted by molar-refractivity contribution is -0.121. The van der Waals surface area contributed by atoms with Gasteiger partial charge < -0.3 is 16.6 Å². The van der Waals surface area contributed by atoms with Crippen LogP contribution in [0.2, 0.25) is 0 Å². The van der Waals surface area contributed by atoms with Gasteiger partial charge in [-0.05, 0) is 18.6 Å². The molecule has 2 unspecified atom stereocenters. The molecule has 0 bridgehead atoms. The van der Waals surface area contributed by atoms with Crippen LogP contribution in [0.15, 0.2) is 23.1 Å². The number of amides is 1. The summed E-state index contributed by atoms with van der Waals surface area (Å²) in [5.74, 6) is -0.780. The van der Waals surface area contributed by atoms with Crippen LogP contribution in [0.25, 0.3) is 0 Å². The molecule has 0 aliphatic carbocycles. The zero-order valence-electron chi connectivity index (χ0n) is 11.0. The second kappa shape index (κ2) is 5.04. The molecule has 0 spiro atoms. The van der Waals surface area contributed by atoms with E-state index in [4.69, 9.17) is 11.5 Å². The smallest absolute Gasteiger partial charge is 0.246 e. The van der Waals surface area contributed by atoms with Gasteiger partial charge in [0.2, 0.25) is 15.9 Å². The van der Waals surface area contributed by atoms with Crippen LogP contribution in [-0.2, 0) is 14.8 Å². The first kappa shape index (κ1) is 14.8. The Morgan fingerprint density at radius 3 is 2.65 bits per heavy atom. The van der Waals surface area contributed by atoms with Crippen molar-refractivity contribution in [2.45, 2.75) is 30.4 Å². The maximum Gasteiger partial charge on any atom is 0.246 e. The van der Waals surface area contributed by atoms with Crippen molar-refractivity contribution in [3.63, 3.8) is 0 Å². The Balaban J connectivity index is 2.52. The normalized spacial score (nSPS) is 23.9. The summed E-state index contributed by atoms with van der Waals surface area (Å²) in [5.41, 5.74) is 11.5. The lowest BCUT2D eigenvalue weighted by atomic mass is 10.2. The van der Waals surface area contributed by atoms with Gasteiger partial charge in [0.15, 0.2) is 0 Å². The Hall–Kier alpha value is -1.64. The molecule has 8 heteroatoms. The van der Waals surface area contributed by atoms with Crippen LogP contribution in [0.1, 0.15) is 12.0 Å². The summed E-state index contributed by atoms with van der Waals surface area (Å²) < 4.78 is 26.3. The molecule has 2 atom stereocenters. The van der Waals surface area contributed by atoms with Crippen molar-refractivity contribution in [2.75, 3.05) is 12.3 Å². The number of β-amino-alcohol motifs (C(OH)–C–C–N with tert-alkyl or cyclic N) is 1. The Morgan fingerprint density at radius 2 is 2.10 bits per heavy atom. The van der Waals surface area contributed by atoms with Crippen molar-refractivity contribution in [2.24, 2.45) is 5.73 Å². The molecule has 20 heavy (non-hydrogen) atoms. The van der Waals surface area contributed by atoms with E-state index >= 15 is 0 Å². The van der Waals surface area contributed by atoms with E-state index in [1.807, 2.05) is 0 Å². The van der Waals surface area contributed by atoms with Gasteiger partial charge >= 0.3 is 0 Å². The molecular weight excluding hydrogens is 282 g/mol. The van der Waals surface area contributed by atoms with Crippen molar-refractivity contribution >= 4 is 21.6 Å². The summed E-state index contributed by atoms with van der Waals surface area (Å²) in [6.07, 6.45) is -0.909. The topological polar surface area (TPSA) is 127 Å².